The van der Waals surface area contributed by atoms with E-state index < -0.39 is 23.9 Å². The van der Waals surface area contributed by atoms with E-state index in [2.05, 4.69) is 11.4 Å². The first-order chi connectivity index (χ1) is 16.4. The van der Waals surface area contributed by atoms with Crippen LogP contribution in [0.25, 0.3) is 5.57 Å². The third-order valence-corrected chi connectivity index (χ3v) is 7.76. The van der Waals surface area contributed by atoms with Gasteiger partial charge in [0.05, 0.1) is 24.0 Å². The molecule has 34 heavy (non-hydrogen) atoms. The van der Waals surface area contributed by atoms with Crippen LogP contribution >= 0.6 is 0 Å². The van der Waals surface area contributed by atoms with Gasteiger partial charge in [-0.1, -0.05) is 36.4 Å². The van der Waals surface area contributed by atoms with Crippen LogP contribution in [-0.2, 0) is 16.1 Å². The van der Waals surface area contributed by atoms with Gasteiger partial charge in [-0.25, -0.2) is 0 Å². The zero-order valence-electron chi connectivity index (χ0n) is 19.6. The van der Waals surface area contributed by atoms with Crippen molar-refractivity contribution >= 4 is 17.4 Å². The number of aliphatic hydroxyl groups is 1. The third-order valence-electron chi connectivity index (χ3n) is 7.76. The summed E-state index contributed by atoms with van der Waals surface area (Å²) in [5.74, 6) is -1.46. The number of carbonyl (C=O) groups is 2. The number of allylic oxidation sites excluding steroid dienone is 2. The molecule has 178 valence electrons. The summed E-state index contributed by atoms with van der Waals surface area (Å²) >= 11 is 0. The number of nitrogens with zero attached hydrogens (tertiary/aromatic N) is 2. The summed E-state index contributed by atoms with van der Waals surface area (Å²) in [6.07, 6.45) is 5.05. The lowest BCUT2D eigenvalue weighted by atomic mass is 9.86. The van der Waals surface area contributed by atoms with Crippen molar-refractivity contribution in [2.45, 2.75) is 57.8 Å². The van der Waals surface area contributed by atoms with Gasteiger partial charge in [-0.15, -0.1) is 0 Å². The zero-order valence-corrected chi connectivity index (χ0v) is 19.6. The average molecular weight is 462 g/mol. The normalized spacial score (nSPS) is 26.1. The molecule has 2 bridgehead atoms. The van der Waals surface area contributed by atoms with Gasteiger partial charge in [-0.05, 0) is 49.5 Å². The molecule has 1 aromatic heterocycles. The molecule has 2 aliphatic heterocycles. The Kier molecular flexibility index (Phi) is 5.90. The molecule has 1 aromatic carbocycles. The Hall–Kier alpha value is -3.19. The summed E-state index contributed by atoms with van der Waals surface area (Å²) in [4.78, 5) is 41.5. The van der Waals surface area contributed by atoms with Crippen LogP contribution in [0.5, 0.6) is 0 Å². The number of carbonyl (C=O) groups excluding carboxylic acids is 2. The van der Waals surface area contributed by atoms with Gasteiger partial charge in [-0.3, -0.25) is 14.4 Å². The summed E-state index contributed by atoms with van der Waals surface area (Å²) in [5, 5.41) is 13.4. The minimum atomic E-state index is -0.644. The molecule has 5 rings (SSSR count). The molecular formula is C27H31N3O4. The first-order valence-electron chi connectivity index (χ1n) is 12.1. The Bertz CT molecular complexity index is 1200. The minimum Gasteiger partial charge on any atom is -0.396 e. The monoisotopic (exact) mass is 461 g/mol. The maximum absolute atomic E-state index is 13.6. The Morgan fingerprint density at radius 2 is 1.94 bits per heavy atom. The Morgan fingerprint density at radius 1 is 1.18 bits per heavy atom. The van der Waals surface area contributed by atoms with E-state index in [0.29, 0.717) is 11.3 Å². The van der Waals surface area contributed by atoms with Crippen LogP contribution in [-0.4, -0.2) is 39.0 Å². The molecule has 5 atom stereocenters. The van der Waals surface area contributed by atoms with Crippen molar-refractivity contribution in [3.63, 3.8) is 0 Å². The van der Waals surface area contributed by atoms with E-state index in [0.717, 1.165) is 30.4 Å². The fourth-order valence-electron chi connectivity index (χ4n) is 6.13. The van der Waals surface area contributed by atoms with E-state index in [-0.39, 0.29) is 36.6 Å². The average Bonchev–Trinajstić information content (AvgIpc) is 3.44. The van der Waals surface area contributed by atoms with Crippen molar-refractivity contribution in [3.8, 4) is 0 Å². The first kappa shape index (κ1) is 22.6. The number of amides is 2. The first-order valence-corrected chi connectivity index (χ1v) is 12.1. The van der Waals surface area contributed by atoms with Gasteiger partial charge in [0.25, 0.3) is 5.56 Å². The summed E-state index contributed by atoms with van der Waals surface area (Å²) in [6.45, 7) is 3.47. The predicted molar refractivity (Wildman–Crippen MR) is 129 cm³/mol. The van der Waals surface area contributed by atoms with Crippen molar-refractivity contribution in [1.29, 1.82) is 0 Å². The van der Waals surface area contributed by atoms with Gasteiger partial charge < -0.3 is 19.9 Å². The Morgan fingerprint density at radius 3 is 2.59 bits per heavy atom. The van der Waals surface area contributed by atoms with Crippen LogP contribution in [0.3, 0.4) is 0 Å². The lowest BCUT2D eigenvalue weighted by Gasteiger charge is -2.37. The number of fused-ring (bicyclic) bond motifs is 4. The van der Waals surface area contributed by atoms with E-state index in [1.165, 1.54) is 6.92 Å². The molecule has 2 amide bonds. The van der Waals surface area contributed by atoms with E-state index in [9.17, 15) is 19.5 Å². The third kappa shape index (κ3) is 3.59. The topological polar surface area (TPSA) is 91.6 Å². The van der Waals surface area contributed by atoms with Crippen LogP contribution < -0.4 is 10.9 Å². The molecule has 0 unspecified atom stereocenters. The molecule has 7 heteroatoms. The highest BCUT2D eigenvalue weighted by molar-refractivity contribution is 5.84. The van der Waals surface area contributed by atoms with Crippen LogP contribution in [0.2, 0.25) is 0 Å². The molecule has 2 N–H and O–H groups in total. The standard InChI is InChI=1S/C27H31N3O4/c1-16(18-8-4-3-5-9-18)28-26(33)24-21(15-31)23-14-29-22(25(24)30(23)17(2)32)13-12-20(27(29)34)19-10-6-7-11-19/h3-5,8-10,12-13,16,21,23-25,31H,6-7,11,14-15H2,1-2H3,(H,28,33)/t16-,21+,23+,24-,25-/m1/s1. The van der Waals surface area contributed by atoms with Crippen LogP contribution in [0.1, 0.15) is 62.0 Å². The number of aliphatic hydroxyl groups excluding tert-OH is 1. The molecule has 0 saturated carbocycles. The van der Waals surface area contributed by atoms with E-state index >= 15 is 0 Å². The summed E-state index contributed by atoms with van der Waals surface area (Å²) in [6, 6.07) is 12.2. The number of rotatable bonds is 5. The van der Waals surface area contributed by atoms with Gasteiger partial charge >= 0.3 is 0 Å². The van der Waals surface area contributed by atoms with E-state index in [4.69, 9.17) is 0 Å². The van der Waals surface area contributed by atoms with Crippen LogP contribution in [0.4, 0.5) is 0 Å². The van der Waals surface area contributed by atoms with Gasteiger partial charge in [0.2, 0.25) is 11.8 Å². The molecule has 0 radical (unpaired) electrons. The Labute approximate surface area is 199 Å². The number of benzene rings is 1. The Balaban J connectivity index is 1.54. The molecule has 2 aromatic rings. The maximum atomic E-state index is 13.6. The minimum absolute atomic E-state index is 0.0701. The van der Waals surface area contributed by atoms with Crippen molar-refractivity contribution in [2.24, 2.45) is 11.8 Å². The number of hydrogen-bond donors (Lipinski definition) is 2. The number of pyridine rings is 1. The highest BCUT2D eigenvalue weighted by Gasteiger charge is 2.56. The zero-order chi connectivity index (χ0) is 24.0. The van der Waals surface area contributed by atoms with Gasteiger partial charge in [-0.2, -0.15) is 0 Å². The number of hydrogen-bond acceptors (Lipinski definition) is 4. The van der Waals surface area contributed by atoms with Crippen molar-refractivity contribution < 1.29 is 14.7 Å². The molecule has 0 spiro atoms. The summed E-state index contributed by atoms with van der Waals surface area (Å²) < 4.78 is 1.74. The summed E-state index contributed by atoms with van der Waals surface area (Å²) in [5.41, 5.74) is 3.36. The highest BCUT2D eigenvalue weighted by Crippen LogP contribution is 2.48. The van der Waals surface area contributed by atoms with Crippen LogP contribution in [0, 0.1) is 11.8 Å². The van der Waals surface area contributed by atoms with Gasteiger partial charge in [0, 0.05) is 37.3 Å². The van der Waals surface area contributed by atoms with E-state index in [1.54, 1.807) is 9.47 Å². The second kappa shape index (κ2) is 8.87. The summed E-state index contributed by atoms with van der Waals surface area (Å²) in [7, 11) is 0. The van der Waals surface area contributed by atoms with Gasteiger partial charge in [0.1, 0.15) is 0 Å². The molecule has 3 heterocycles. The second-order valence-electron chi connectivity index (χ2n) is 9.66. The maximum Gasteiger partial charge on any atom is 0.258 e. The van der Waals surface area contributed by atoms with Crippen molar-refractivity contribution in [1.82, 2.24) is 14.8 Å². The van der Waals surface area contributed by atoms with Crippen molar-refractivity contribution in [3.05, 3.63) is 75.7 Å². The van der Waals surface area contributed by atoms with E-state index in [1.807, 2.05) is 49.4 Å². The molecule has 1 aliphatic carbocycles. The number of nitrogens with one attached hydrogen (secondary N) is 1. The lowest BCUT2D eigenvalue weighted by Crippen LogP contribution is -2.48. The number of aromatic nitrogens is 1. The van der Waals surface area contributed by atoms with Gasteiger partial charge in [0.15, 0.2) is 0 Å². The largest absolute Gasteiger partial charge is 0.396 e. The second-order valence-corrected chi connectivity index (χ2v) is 9.66. The SMILES string of the molecule is CC(=O)N1[C@@H]2c3ccc(C4=CCCC4)c(=O)n3C[C@H]1[C@H](CO)[C@H]2C(=O)N[C@H](C)c1ccccc1. The highest BCUT2D eigenvalue weighted by atomic mass is 16.3. The fraction of sp³-hybridized carbons (Fsp3) is 0.444. The van der Waals surface area contributed by atoms with Crippen LogP contribution in [0.15, 0.2) is 53.3 Å². The fourth-order valence-corrected chi connectivity index (χ4v) is 6.13. The quantitative estimate of drug-likeness (QED) is 0.716. The molecule has 7 nitrogen and oxygen atoms in total. The predicted octanol–water partition coefficient (Wildman–Crippen LogP) is 2.80. The molecule has 1 fully saturated rings. The molecule has 1 saturated heterocycles. The molecule has 3 aliphatic rings. The smallest absolute Gasteiger partial charge is 0.258 e. The van der Waals surface area contributed by atoms with Crippen molar-refractivity contribution in [2.75, 3.05) is 6.61 Å². The molecular weight excluding hydrogens is 430 g/mol. The lowest BCUT2D eigenvalue weighted by molar-refractivity contribution is -0.134.